The van der Waals surface area contributed by atoms with E-state index in [-0.39, 0.29) is 10.8 Å². The van der Waals surface area contributed by atoms with E-state index < -0.39 is 0 Å². The van der Waals surface area contributed by atoms with Crippen molar-refractivity contribution in [2.75, 3.05) is 0 Å². The molecule has 4 heteroatoms. The van der Waals surface area contributed by atoms with Gasteiger partial charge in [0.1, 0.15) is 23.0 Å². The number of hydrogen-bond acceptors (Lipinski definition) is 2. The predicted octanol–water partition coefficient (Wildman–Crippen LogP) is 16.0. The molecular formula is C50H44Cl2O2. The van der Waals surface area contributed by atoms with Gasteiger partial charge in [-0.05, 0) is 129 Å². The van der Waals surface area contributed by atoms with Crippen molar-refractivity contribution >= 4 is 55.5 Å². The van der Waals surface area contributed by atoms with Gasteiger partial charge in [-0.25, -0.2) is 0 Å². The van der Waals surface area contributed by atoms with Crippen molar-refractivity contribution in [3.05, 3.63) is 154 Å². The Bertz CT molecular complexity index is 2540. The first-order chi connectivity index (χ1) is 25.7. The summed E-state index contributed by atoms with van der Waals surface area (Å²) in [6.45, 7) is 17.4. The summed E-state index contributed by atoms with van der Waals surface area (Å²) >= 11 is 13.9. The normalized spacial score (nSPS) is 12.3. The van der Waals surface area contributed by atoms with Crippen LogP contribution in [0.1, 0.15) is 63.8 Å². The molecule has 54 heavy (non-hydrogen) atoms. The van der Waals surface area contributed by atoms with E-state index in [1.807, 2.05) is 24.3 Å². The summed E-state index contributed by atoms with van der Waals surface area (Å²) < 4.78 is 13.6. The van der Waals surface area contributed by atoms with Crippen LogP contribution in [0.5, 0.6) is 23.0 Å². The van der Waals surface area contributed by atoms with Gasteiger partial charge in [-0.1, -0.05) is 137 Å². The summed E-state index contributed by atoms with van der Waals surface area (Å²) in [5.74, 6) is 2.71. The fraction of sp³-hybridized carbons (Fsp3) is 0.200. The van der Waals surface area contributed by atoms with Gasteiger partial charge in [0.2, 0.25) is 0 Å². The molecule has 0 heterocycles. The number of aryl methyl sites for hydroxylation is 2. The van der Waals surface area contributed by atoms with Crippen LogP contribution in [0.25, 0.3) is 54.6 Å². The van der Waals surface area contributed by atoms with E-state index in [4.69, 9.17) is 32.7 Å². The molecule has 0 aromatic heterocycles. The van der Waals surface area contributed by atoms with Gasteiger partial charge in [0.05, 0.1) is 10.0 Å². The largest absolute Gasteiger partial charge is 0.455 e. The van der Waals surface area contributed by atoms with Crippen LogP contribution in [0.4, 0.5) is 0 Å². The van der Waals surface area contributed by atoms with E-state index in [2.05, 4.69) is 152 Å². The lowest BCUT2D eigenvalue weighted by Gasteiger charge is -2.23. The Morgan fingerprint density at radius 3 is 1.15 bits per heavy atom. The Labute approximate surface area is 328 Å². The van der Waals surface area contributed by atoms with Crippen molar-refractivity contribution in [1.82, 2.24) is 0 Å². The standard InChI is InChI=1S/C50H44Cl2O2/c1-29-11-9-13-31(23-29)37-27-39-43(53-45-19-15-33(25-41(45)51)49(3,4)5)22-18-36-38(32-14-10-12-30(2)24-32)28-40-44(21-17-35(37)47(40)48(36)39)54-46-20-16-34(26-42(46)52)50(6,7)8/h9-28H,1-8H3. The molecule has 0 unspecified atom stereocenters. The zero-order chi connectivity index (χ0) is 38.1. The summed E-state index contributed by atoms with van der Waals surface area (Å²) in [6.07, 6.45) is 0. The van der Waals surface area contributed by atoms with Gasteiger partial charge >= 0.3 is 0 Å². The Hall–Kier alpha value is -5.02. The van der Waals surface area contributed by atoms with Gasteiger partial charge in [-0.3, -0.25) is 0 Å². The molecule has 8 aromatic rings. The van der Waals surface area contributed by atoms with E-state index >= 15 is 0 Å². The van der Waals surface area contributed by atoms with Gasteiger partial charge in [-0.15, -0.1) is 0 Å². The van der Waals surface area contributed by atoms with Gasteiger partial charge in [0.15, 0.2) is 0 Å². The Morgan fingerprint density at radius 1 is 0.407 bits per heavy atom. The third-order valence-corrected chi connectivity index (χ3v) is 11.1. The number of benzene rings is 8. The van der Waals surface area contributed by atoms with E-state index in [9.17, 15) is 0 Å². The molecule has 8 aromatic carbocycles. The third kappa shape index (κ3) is 6.57. The summed E-state index contributed by atoms with van der Waals surface area (Å²) in [6, 6.07) is 42.7. The molecule has 0 bridgehead atoms. The van der Waals surface area contributed by atoms with Crippen LogP contribution in [-0.4, -0.2) is 0 Å². The number of ether oxygens (including phenoxy) is 2. The smallest absolute Gasteiger partial charge is 0.146 e. The fourth-order valence-electron chi connectivity index (χ4n) is 7.54. The van der Waals surface area contributed by atoms with Gasteiger partial charge in [-0.2, -0.15) is 0 Å². The first-order valence-electron chi connectivity index (χ1n) is 18.5. The molecule has 0 fully saturated rings. The maximum atomic E-state index is 6.95. The Balaban J connectivity index is 1.44. The highest BCUT2D eigenvalue weighted by atomic mass is 35.5. The van der Waals surface area contributed by atoms with Crippen molar-refractivity contribution in [1.29, 1.82) is 0 Å². The summed E-state index contributed by atoms with van der Waals surface area (Å²) in [4.78, 5) is 0. The molecule has 0 radical (unpaired) electrons. The molecule has 0 N–H and O–H groups in total. The van der Waals surface area contributed by atoms with Gasteiger partial charge in [0.25, 0.3) is 0 Å². The van der Waals surface area contributed by atoms with E-state index in [1.54, 1.807) is 0 Å². The maximum absolute atomic E-state index is 6.95. The van der Waals surface area contributed by atoms with Crippen LogP contribution in [0, 0.1) is 13.8 Å². The highest BCUT2D eigenvalue weighted by Crippen LogP contribution is 2.50. The van der Waals surface area contributed by atoms with Gasteiger partial charge < -0.3 is 9.47 Å². The zero-order valence-corrected chi connectivity index (χ0v) is 33.6. The number of halogens is 2. The molecule has 0 aliphatic heterocycles. The monoisotopic (exact) mass is 746 g/mol. The molecule has 2 nitrogen and oxygen atoms in total. The zero-order valence-electron chi connectivity index (χ0n) is 32.1. The van der Waals surface area contributed by atoms with E-state index in [1.165, 1.54) is 11.1 Å². The fourth-order valence-corrected chi connectivity index (χ4v) is 7.98. The summed E-state index contributed by atoms with van der Waals surface area (Å²) in [5.41, 5.74) is 9.12. The number of rotatable bonds is 6. The number of hydrogen-bond donors (Lipinski definition) is 0. The highest BCUT2D eigenvalue weighted by Gasteiger charge is 2.24. The molecule has 0 amide bonds. The molecular weight excluding hydrogens is 703 g/mol. The molecule has 0 saturated carbocycles. The molecule has 0 spiro atoms. The molecule has 0 aliphatic rings. The first kappa shape index (κ1) is 36.0. The predicted molar refractivity (Wildman–Crippen MR) is 231 cm³/mol. The SMILES string of the molecule is Cc1cccc(-c2cc3c(Oc4ccc(C(C)(C)C)cc4Cl)ccc4c(-c5cccc(C)c5)cc5c(Oc6ccc(C(C)(C)C)cc6Cl)ccc2c5c34)c1. The van der Waals surface area contributed by atoms with Crippen LogP contribution in [-0.2, 0) is 10.8 Å². The van der Waals surface area contributed by atoms with Gasteiger partial charge in [0, 0.05) is 21.5 Å². The van der Waals surface area contributed by atoms with Crippen LogP contribution in [0.2, 0.25) is 10.0 Å². The Morgan fingerprint density at radius 2 is 0.796 bits per heavy atom. The molecule has 8 rings (SSSR count). The highest BCUT2D eigenvalue weighted by molar-refractivity contribution is 6.33. The first-order valence-corrected chi connectivity index (χ1v) is 19.3. The molecule has 0 atom stereocenters. The second kappa shape index (κ2) is 13.4. The van der Waals surface area contributed by atoms with Crippen molar-refractivity contribution < 1.29 is 9.47 Å². The van der Waals surface area contributed by atoms with E-state index in [0.717, 1.165) is 77.2 Å². The topological polar surface area (TPSA) is 18.5 Å². The van der Waals surface area contributed by atoms with Crippen LogP contribution < -0.4 is 9.47 Å². The lowest BCUT2D eigenvalue weighted by Crippen LogP contribution is -2.10. The van der Waals surface area contributed by atoms with E-state index in [0.29, 0.717) is 21.5 Å². The van der Waals surface area contributed by atoms with Crippen LogP contribution in [0.15, 0.2) is 121 Å². The molecule has 0 saturated heterocycles. The third-order valence-electron chi connectivity index (χ3n) is 10.5. The maximum Gasteiger partial charge on any atom is 0.146 e. The summed E-state index contributed by atoms with van der Waals surface area (Å²) in [7, 11) is 0. The molecule has 270 valence electrons. The van der Waals surface area contributed by atoms with Crippen molar-refractivity contribution in [3.63, 3.8) is 0 Å². The van der Waals surface area contributed by atoms with Crippen molar-refractivity contribution in [2.24, 2.45) is 0 Å². The molecule has 0 aliphatic carbocycles. The van der Waals surface area contributed by atoms with Crippen molar-refractivity contribution in [2.45, 2.75) is 66.2 Å². The van der Waals surface area contributed by atoms with Crippen LogP contribution >= 0.6 is 23.2 Å². The average Bonchev–Trinajstić information content (AvgIpc) is 3.12. The summed E-state index contributed by atoms with van der Waals surface area (Å²) in [5, 5.41) is 7.64. The van der Waals surface area contributed by atoms with Crippen molar-refractivity contribution in [3.8, 4) is 45.3 Å². The minimum absolute atomic E-state index is 0.0390. The average molecular weight is 748 g/mol. The second-order valence-corrected chi connectivity index (χ2v) is 17.5. The second-order valence-electron chi connectivity index (χ2n) is 16.6. The lowest BCUT2D eigenvalue weighted by molar-refractivity contribution is 0.486. The minimum Gasteiger partial charge on any atom is -0.455 e. The minimum atomic E-state index is -0.0390. The van der Waals surface area contributed by atoms with Crippen LogP contribution in [0.3, 0.4) is 0 Å². The lowest BCUT2D eigenvalue weighted by atomic mass is 9.85. The Kier molecular flexibility index (Phi) is 8.91. The quantitative estimate of drug-likeness (QED) is 0.158.